The van der Waals surface area contributed by atoms with Crippen LogP contribution in [0, 0.1) is 10.1 Å². The molecule has 5 heteroatoms. The molecular weight excluding hydrogens is 242 g/mol. The van der Waals surface area contributed by atoms with Gasteiger partial charge in [0.1, 0.15) is 0 Å². The molecule has 2 saturated heterocycles. The van der Waals surface area contributed by atoms with Crippen molar-refractivity contribution in [2.75, 3.05) is 13.1 Å². The van der Waals surface area contributed by atoms with Crippen molar-refractivity contribution < 1.29 is 4.92 Å². The molecule has 0 aromatic heterocycles. The largest absolute Gasteiger partial charge is 0.308 e. The Morgan fingerprint density at radius 1 is 1.37 bits per heavy atom. The van der Waals surface area contributed by atoms with E-state index in [4.69, 9.17) is 0 Å². The summed E-state index contributed by atoms with van der Waals surface area (Å²) in [6.07, 6.45) is 3.78. The number of non-ortho nitro benzene ring substituents is 1. The van der Waals surface area contributed by atoms with Crippen molar-refractivity contribution in [3.63, 3.8) is 0 Å². The van der Waals surface area contributed by atoms with Gasteiger partial charge in [0.15, 0.2) is 0 Å². The highest BCUT2D eigenvalue weighted by Crippen LogP contribution is 2.28. The van der Waals surface area contributed by atoms with Gasteiger partial charge in [-0.25, -0.2) is 0 Å². The molecule has 102 valence electrons. The summed E-state index contributed by atoms with van der Waals surface area (Å²) in [5, 5.41) is 14.3. The highest BCUT2D eigenvalue weighted by atomic mass is 16.6. The van der Waals surface area contributed by atoms with Gasteiger partial charge in [0, 0.05) is 37.3 Å². The van der Waals surface area contributed by atoms with Crippen LogP contribution in [-0.4, -0.2) is 35.0 Å². The summed E-state index contributed by atoms with van der Waals surface area (Å²) in [7, 11) is 0. The molecule has 0 amide bonds. The minimum Gasteiger partial charge on any atom is -0.308 e. The Balaban J connectivity index is 1.60. The zero-order chi connectivity index (χ0) is 13.2. The molecule has 0 aliphatic carbocycles. The molecule has 1 aromatic carbocycles. The quantitative estimate of drug-likeness (QED) is 0.664. The van der Waals surface area contributed by atoms with Crippen molar-refractivity contribution in [2.45, 2.75) is 37.9 Å². The molecule has 0 saturated carbocycles. The van der Waals surface area contributed by atoms with Crippen LogP contribution < -0.4 is 5.32 Å². The molecule has 2 aliphatic rings. The lowest BCUT2D eigenvalue weighted by molar-refractivity contribution is -0.384. The summed E-state index contributed by atoms with van der Waals surface area (Å²) in [6.45, 7) is 3.15. The van der Waals surface area contributed by atoms with Crippen molar-refractivity contribution in [1.82, 2.24) is 10.2 Å². The molecule has 2 aliphatic heterocycles. The third kappa shape index (κ3) is 2.62. The molecule has 5 nitrogen and oxygen atoms in total. The summed E-state index contributed by atoms with van der Waals surface area (Å²) in [4.78, 5) is 13.0. The smallest absolute Gasteiger partial charge is 0.269 e. The zero-order valence-corrected chi connectivity index (χ0v) is 10.9. The van der Waals surface area contributed by atoms with Crippen LogP contribution in [0.25, 0.3) is 0 Å². The highest BCUT2D eigenvalue weighted by Gasteiger charge is 2.36. The van der Waals surface area contributed by atoms with Gasteiger partial charge in [0.05, 0.1) is 4.92 Å². The van der Waals surface area contributed by atoms with E-state index in [-0.39, 0.29) is 10.6 Å². The second kappa shape index (κ2) is 5.27. The number of nitrogens with zero attached hydrogens (tertiary/aromatic N) is 2. The summed E-state index contributed by atoms with van der Waals surface area (Å²) in [5.41, 5.74) is 1.17. The predicted molar refractivity (Wildman–Crippen MR) is 72.9 cm³/mol. The minimum absolute atomic E-state index is 0.174. The Kier molecular flexibility index (Phi) is 3.48. The van der Waals surface area contributed by atoms with Crippen LogP contribution in [-0.2, 0) is 6.54 Å². The molecule has 1 N–H and O–H groups in total. The van der Waals surface area contributed by atoms with Gasteiger partial charge >= 0.3 is 0 Å². The highest BCUT2D eigenvalue weighted by molar-refractivity contribution is 5.34. The Bertz CT molecular complexity index is 478. The lowest BCUT2D eigenvalue weighted by Gasteiger charge is -2.21. The van der Waals surface area contributed by atoms with Gasteiger partial charge in [0.25, 0.3) is 5.69 Å². The normalized spacial score (nSPS) is 26.5. The van der Waals surface area contributed by atoms with E-state index in [1.54, 1.807) is 12.1 Å². The van der Waals surface area contributed by atoms with Gasteiger partial charge < -0.3 is 5.32 Å². The first-order valence-corrected chi connectivity index (χ1v) is 6.95. The van der Waals surface area contributed by atoms with E-state index >= 15 is 0 Å². The number of hydrogen-bond donors (Lipinski definition) is 1. The first-order chi connectivity index (χ1) is 9.24. The second-order valence-corrected chi connectivity index (χ2v) is 5.45. The van der Waals surface area contributed by atoms with E-state index in [0.29, 0.717) is 12.1 Å². The van der Waals surface area contributed by atoms with Crippen LogP contribution in [0.15, 0.2) is 24.3 Å². The summed E-state index contributed by atoms with van der Waals surface area (Å²) >= 11 is 0. The Morgan fingerprint density at radius 2 is 2.26 bits per heavy atom. The molecule has 2 unspecified atom stereocenters. The van der Waals surface area contributed by atoms with Crippen LogP contribution in [0.3, 0.4) is 0 Å². The van der Waals surface area contributed by atoms with Crippen molar-refractivity contribution >= 4 is 5.69 Å². The number of rotatable bonds is 4. The Labute approximate surface area is 112 Å². The maximum absolute atomic E-state index is 10.7. The van der Waals surface area contributed by atoms with E-state index in [1.807, 2.05) is 6.07 Å². The van der Waals surface area contributed by atoms with Crippen LogP contribution in [0.4, 0.5) is 5.69 Å². The standard InChI is InChI=1S/C14H19N3O2/c18-17(19)12-4-1-3-11(9-12)10-15-13-6-8-16-7-2-5-14(13)16/h1,3-4,9,13-15H,2,5-8,10H2. The molecule has 2 atom stereocenters. The fourth-order valence-corrected chi connectivity index (χ4v) is 3.35. The third-order valence-corrected chi connectivity index (χ3v) is 4.30. The molecule has 1 aromatic rings. The van der Waals surface area contributed by atoms with Crippen molar-refractivity contribution in [1.29, 1.82) is 0 Å². The zero-order valence-electron chi connectivity index (χ0n) is 10.9. The van der Waals surface area contributed by atoms with E-state index in [0.717, 1.165) is 12.1 Å². The average molecular weight is 261 g/mol. The van der Waals surface area contributed by atoms with Gasteiger partial charge in [-0.1, -0.05) is 12.1 Å². The van der Waals surface area contributed by atoms with Gasteiger partial charge in [0.2, 0.25) is 0 Å². The summed E-state index contributed by atoms with van der Waals surface area (Å²) in [5.74, 6) is 0. The average Bonchev–Trinajstić information content (AvgIpc) is 3.00. The molecule has 3 rings (SSSR count). The van der Waals surface area contributed by atoms with Gasteiger partial charge in [-0.05, 0) is 31.4 Å². The number of fused-ring (bicyclic) bond motifs is 1. The van der Waals surface area contributed by atoms with Gasteiger partial charge in [-0.2, -0.15) is 0 Å². The van der Waals surface area contributed by atoms with Crippen molar-refractivity contribution in [3.05, 3.63) is 39.9 Å². The number of nitrogens with one attached hydrogen (secondary N) is 1. The number of hydrogen-bond acceptors (Lipinski definition) is 4. The third-order valence-electron chi connectivity index (χ3n) is 4.30. The molecule has 19 heavy (non-hydrogen) atoms. The van der Waals surface area contributed by atoms with Crippen LogP contribution >= 0.6 is 0 Å². The first-order valence-electron chi connectivity index (χ1n) is 6.95. The van der Waals surface area contributed by atoms with Gasteiger partial charge in [-0.15, -0.1) is 0 Å². The summed E-state index contributed by atoms with van der Waals surface area (Å²) < 4.78 is 0. The van der Waals surface area contributed by atoms with Crippen LogP contribution in [0.2, 0.25) is 0 Å². The molecule has 0 bridgehead atoms. The van der Waals surface area contributed by atoms with E-state index in [2.05, 4.69) is 10.2 Å². The molecule has 2 heterocycles. The van der Waals surface area contributed by atoms with E-state index < -0.39 is 0 Å². The fourth-order valence-electron chi connectivity index (χ4n) is 3.35. The lowest BCUT2D eigenvalue weighted by Crippen LogP contribution is -2.38. The number of nitro groups is 1. The number of nitro benzene ring substituents is 1. The molecule has 0 spiro atoms. The molecular formula is C14H19N3O2. The van der Waals surface area contributed by atoms with E-state index in [9.17, 15) is 10.1 Å². The topological polar surface area (TPSA) is 58.4 Å². The maximum atomic E-state index is 10.7. The molecule has 2 fully saturated rings. The van der Waals surface area contributed by atoms with Gasteiger partial charge in [-0.3, -0.25) is 15.0 Å². The van der Waals surface area contributed by atoms with Crippen molar-refractivity contribution in [3.8, 4) is 0 Å². The molecule has 0 radical (unpaired) electrons. The lowest BCUT2D eigenvalue weighted by atomic mass is 10.1. The predicted octanol–water partition coefficient (Wildman–Crippen LogP) is 1.92. The van der Waals surface area contributed by atoms with Crippen molar-refractivity contribution in [2.24, 2.45) is 0 Å². The second-order valence-electron chi connectivity index (χ2n) is 5.45. The fraction of sp³-hybridized carbons (Fsp3) is 0.571. The Hall–Kier alpha value is -1.46. The van der Waals surface area contributed by atoms with Crippen LogP contribution in [0.5, 0.6) is 0 Å². The first kappa shape index (κ1) is 12.6. The maximum Gasteiger partial charge on any atom is 0.269 e. The Morgan fingerprint density at radius 3 is 3.11 bits per heavy atom. The summed E-state index contributed by atoms with van der Waals surface area (Å²) in [6, 6.07) is 8.12. The minimum atomic E-state index is -0.336. The monoisotopic (exact) mass is 261 g/mol. The van der Waals surface area contributed by atoms with Crippen LogP contribution in [0.1, 0.15) is 24.8 Å². The van der Waals surface area contributed by atoms with E-state index in [1.165, 1.54) is 38.4 Å². The SMILES string of the molecule is O=[N+]([O-])c1cccc(CNC2CCN3CCCC23)c1. The number of benzene rings is 1.